The van der Waals surface area contributed by atoms with Crippen molar-refractivity contribution in [3.63, 3.8) is 0 Å². The minimum Gasteiger partial charge on any atom is -0.497 e. The van der Waals surface area contributed by atoms with E-state index in [0.717, 1.165) is 29.0 Å². The summed E-state index contributed by atoms with van der Waals surface area (Å²) >= 11 is 3.44. The second kappa shape index (κ2) is 7.26. The van der Waals surface area contributed by atoms with E-state index in [9.17, 15) is 4.79 Å². The van der Waals surface area contributed by atoms with Gasteiger partial charge in [-0.15, -0.1) is 0 Å². The fraction of sp³-hybridized carbons (Fsp3) is 0.462. The minimum absolute atomic E-state index is 0.0923. The van der Waals surface area contributed by atoms with Crippen molar-refractivity contribution in [1.29, 1.82) is 0 Å². The van der Waals surface area contributed by atoms with Crippen molar-refractivity contribution in [2.75, 3.05) is 32.1 Å². The highest BCUT2D eigenvalue weighted by Crippen LogP contribution is 2.26. The summed E-state index contributed by atoms with van der Waals surface area (Å²) in [7, 11) is 1.62. The van der Waals surface area contributed by atoms with Gasteiger partial charge in [-0.2, -0.15) is 0 Å². The van der Waals surface area contributed by atoms with E-state index in [-0.39, 0.29) is 12.5 Å². The number of hydrogen-bond acceptors (Lipinski definition) is 3. The number of anilines is 1. The Balaban J connectivity index is 2.65. The summed E-state index contributed by atoms with van der Waals surface area (Å²) < 4.78 is 6.06. The van der Waals surface area contributed by atoms with Crippen molar-refractivity contribution in [2.45, 2.75) is 13.8 Å². The van der Waals surface area contributed by atoms with Crippen molar-refractivity contribution in [2.24, 2.45) is 0 Å². The van der Waals surface area contributed by atoms with Crippen molar-refractivity contribution < 1.29 is 9.53 Å². The second-order valence-electron chi connectivity index (χ2n) is 3.77. The van der Waals surface area contributed by atoms with Gasteiger partial charge in [-0.3, -0.25) is 4.79 Å². The van der Waals surface area contributed by atoms with Crippen LogP contribution in [0.4, 0.5) is 5.69 Å². The Kier molecular flexibility index (Phi) is 5.98. The Morgan fingerprint density at radius 1 is 1.39 bits per heavy atom. The third kappa shape index (κ3) is 3.91. The van der Waals surface area contributed by atoms with Crippen molar-refractivity contribution in [3.05, 3.63) is 22.7 Å². The van der Waals surface area contributed by atoms with Gasteiger partial charge in [-0.05, 0) is 41.9 Å². The zero-order valence-corrected chi connectivity index (χ0v) is 12.6. The van der Waals surface area contributed by atoms with Gasteiger partial charge in [-0.25, -0.2) is 0 Å². The van der Waals surface area contributed by atoms with Gasteiger partial charge >= 0.3 is 0 Å². The molecule has 1 amide bonds. The number of nitrogens with one attached hydrogen (secondary N) is 1. The molecule has 0 aliphatic rings. The van der Waals surface area contributed by atoms with E-state index in [0.29, 0.717) is 0 Å². The summed E-state index contributed by atoms with van der Waals surface area (Å²) in [5.41, 5.74) is 0.856. The Morgan fingerprint density at radius 3 is 2.61 bits per heavy atom. The third-order valence-electron chi connectivity index (χ3n) is 2.72. The molecule has 0 spiro atoms. The molecule has 0 heterocycles. The molecule has 0 aliphatic carbocycles. The van der Waals surface area contributed by atoms with E-state index >= 15 is 0 Å². The van der Waals surface area contributed by atoms with Crippen LogP contribution in [-0.4, -0.2) is 37.6 Å². The van der Waals surface area contributed by atoms with E-state index in [1.807, 2.05) is 32.0 Å². The number of amides is 1. The highest BCUT2D eigenvalue weighted by Gasteiger charge is 2.10. The average Bonchev–Trinajstić information content (AvgIpc) is 2.39. The van der Waals surface area contributed by atoms with Crippen molar-refractivity contribution >= 4 is 27.5 Å². The van der Waals surface area contributed by atoms with E-state index < -0.39 is 0 Å². The molecule has 0 radical (unpaired) electrons. The van der Waals surface area contributed by atoms with E-state index in [4.69, 9.17) is 4.74 Å². The van der Waals surface area contributed by atoms with Gasteiger partial charge in [-0.1, -0.05) is 0 Å². The molecule has 18 heavy (non-hydrogen) atoms. The van der Waals surface area contributed by atoms with Gasteiger partial charge in [0.15, 0.2) is 0 Å². The van der Waals surface area contributed by atoms with Crippen LogP contribution in [-0.2, 0) is 4.79 Å². The SMILES string of the molecule is CCN(CC)C(=O)CNc1cc(OC)ccc1Br. The van der Waals surface area contributed by atoms with Gasteiger partial charge in [0, 0.05) is 23.6 Å². The highest BCUT2D eigenvalue weighted by atomic mass is 79.9. The zero-order chi connectivity index (χ0) is 13.5. The molecule has 1 N–H and O–H groups in total. The molecule has 0 saturated carbocycles. The summed E-state index contributed by atoms with van der Waals surface area (Å²) in [6.45, 7) is 5.70. The first kappa shape index (κ1) is 14.8. The number of ether oxygens (including phenoxy) is 1. The molecular weight excluding hydrogens is 296 g/mol. The number of halogens is 1. The smallest absolute Gasteiger partial charge is 0.241 e. The molecule has 1 rings (SSSR count). The lowest BCUT2D eigenvalue weighted by Gasteiger charge is -2.19. The standard InChI is InChI=1S/C13H19BrN2O2/c1-4-16(5-2)13(17)9-15-12-8-10(18-3)6-7-11(12)14/h6-8,15H,4-5,9H2,1-3H3. The Morgan fingerprint density at radius 2 is 2.06 bits per heavy atom. The fourth-order valence-electron chi connectivity index (χ4n) is 1.63. The van der Waals surface area contributed by atoms with Gasteiger partial charge < -0.3 is 15.0 Å². The number of carbonyl (C=O) groups excluding carboxylic acids is 1. The van der Waals surface area contributed by atoms with Crippen molar-refractivity contribution in [1.82, 2.24) is 4.90 Å². The number of likely N-dealkylation sites (N-methyl/N-ethyl adjacent to an activating group) is 1. The Hall–Kier alpha value is -1.23. The molecular formula is C13H19BrN2O2. The van der Waals surface area contributed by atoms with Crippen LogP contribution in [0.5, 0.6) is 5.75 Å². The maximum Gasteiger partial charge on any atom is 0.241 e. The molecule has 0 bridgehead atoms. The first-order valence-corrected chi connectivity index (χ1v) is 6.76. The zero-order valence-electron chi connectivity index (χ0n) is 11.0. The van der Waals surface area contributed by atoms with E-state index in [1.54, 1.807) is 12.0 Å². The largest absolute Gasteiger partial charge is 0.497 e. The number of nitrogens with zero attached hydrogens (tertiary/aromatic N) is 1. The normalized spacial score (nSPS) is 10.0. The molecule has 1 aromatic rings. The number of benzene rings is 1. The quantitative estimate of drug-likeness (QED) is 0.878. The lowest BCUT2D eigenvalue weighted by atomic mass is 10.3. The molecule has 0 fully saturated rings. The predicted octanol–water partition coefficient (Wildman–Crippen LogP) is 2.74. The molecule has 1 aromatic carbocycles. The molecule has 100 valence electrons. The molecule has 0 unspecified atom stereocenters. The maximum atomic E-state index is 11.9. The monoisotopic (exact) mass is 314 g/mol. The molecule has 0 aromatic heterocycles. The number of carbonyl (C=O) groups is 1. The van der Waals surface area contributed by atoms with Crippen LogP contribution in [0.15, 0.2) is 22.7 Å². The van der Waals surface area contributed by atoms with Crippen LogP contribution >= 0.6 is 15.9 Å². The molecule has 4 nitrogen and oxygen atoms in total. The topological polar surface area (TPSA) is 41.6 Å². The summed E-state index contributed by atoms with van der Waals surface area (Å²) in [5, 5.41) is 3.12. The second-order valence-corrected chi connectivity index (χ2v) is 4.62. The van der Waals surface area contributed by atoms with Gasteiger partial charge in [0.25, 0.3) is 0 Å². The number of rotatable bonds is 6. The molecule has 0 saturated heterocycles. The lowest BCUT2D eigenvalue weighted by molar-refractivity contribution is -0.128. The van der Waals surface area contributed by atoms with Crippen molar-refractivity contribution in [3.8, 4) is 5.75 Å². The van der Waals surface area contributed by atoms with Crippen LogP contribution in [0.1, 0.15) is 13.8 Å². The molecule has 0 atom stereocenters. The number of methoxy groups -OCH3 is 1. The van der Waals surface area contributed by atoms with E-state index in [1.165, 1.54) is 0 Å². The van der Waals surface area contributed by atoms with Crippen LogP contribution in [0.2, 0.25) is 0 Å². The van der Waals surface area contributed by atoms with Gasteiger partial charge in [0.1, 0.15) is 5.75 Å². The number of hydrogen-bond donors (Lipinski definition) is 1. The average molecular weight is 315 g/mol. The van der Waals surface area contributed by atoms with E-state index in [2.05, 4.69) is 21.2 Å². The van der Waals surface area contributed by atoms with Crippen LogP contribution < -0.4 is 10.1 Å². The minimum atomic E-state index is 0.0923. The summed E-state index contributed by atoms with van der Waals surface area (Å²) in [6.07, 6.45) is 0. The fourth-order valence-corrected chi connectivity index (χ4v) is 2.01. The summed E-state index contributed by atoms with van der Waals surface area (Å²) in [4.78, 5) is 13.7. The van der Waals surface area contributed by atoms with Crippen LogP contribution in [0.25, 0.3) is 0 Å². The van der Waals surface area contributed by atoms with Crippen LogP contribution in [0, 0.1) is 0 Å². The Bertz CT molecular complexity index is 406. The Labute approximate surface area is 116 Å². The van der Waals surface area contributed by atoms with Crippen LogP contribution in [0.3, 0.4) is 0 Å². The highest BCUT2D eigenvalue weighted by molar-refractivity contribution is 9.10. The van der Waals surface area contributed by atoms with Gasteiger partial charge in [0.05, 0.1) is 19.3 Å². The first-order chi connectivity index (χ1) is 8.62. The predicted molar refractivity (Wildman–Crippen MR) is 77.1 cm³/mol. The third-order valence-corrected chi connectivity index (χ3v) is 3.41. The van der Waals surface area contributed by atoms with Gasteiger partial charge in [0.2, 0.25) is 5.91 Å². The molecule has 5 heteroatoms. The molecule has 0 aliphatic heterocycles. The summed E-state index contributed by atoms with van der Waals surface area (Å²) in [6, 6.07) is 5.62. The maximum absolute atomic E-state index is 11.9. The first-order valence-electron chi connectivity index (χ1n) is 5.97. The lowest BCUT2D eigenvalue weighted by Crippen LogP contribution is -2.35. The summed E-state index contributed by atoms with van der Waals surface area (Å²) in [5.74, 6) is 0.853.